The third-order valence-electron chi connectivity index (χ3n) is 2.90. The molecule has 0 spiro atoms. The van der Waals surface area contributed by atoms with Crippen LogP contribution in [0.4, 0.5) is 0 Å². The molecular formula is C15H14N2O2. The summed E-state index contributed by atoms with van der Waals surface area (Å²) in [5.74, 6) is 1.23. The van der Waals surface area contributed by atoms with E-state index < -0.39 is 0 Å². The first kappa shape index (κ1) is 11.7. The van der Waals surface area contributed by atoms with E-state index in [9.17, 15) is 0 Å². The zero-order valence-corrected chi connectivity index (χ0v) is 10.4. The highest BCUT2D eigenvalue weighted by Crippen LogP contribution is 2.20. The summed E-state index contributed by atoms with van der Waals surface area (Å²) in [5.41, 5.74) is 1.98. The van der Waals surface area contributed by atoms with Gasteiger partial charge in [0.05, 0.1) is 6.54 Å². The van der Waals surface area contributed by atoms with Crippen LogP contribution in [0.15, 0.2) is 59.1 Å². The molecule has 0 aliphatic heterocycles. The average molecular weight is 254 g/mol. The van der Waals surface area contributed by atoms with E-state index in [2.05, 4.69) is 17.2 Å². The first-order chi connectivity index (χ1) is 9.35. The zero-order chi connectivity index (χ0) is 13.1. The number of aliphatic hydroxyl groups excluding tert-OH is 1. The summed E-state index contributed by atoms with van der Waals surface area (Å²) in [4.78, 5) is 0. The van der Waals surface area contributed by atoms with Crippen LogP contribution in [0, 0.1) is 0 Å². The van der Waals surface area contributed by atoms with Gasteiger partial charge in [0.2, 0.25) is 0 Å². The van der Waals surface area contributed by atoms with Gasteiger partial charge in [0.25, 0.3) is 0 Å². The molecule has 0 atom stereocenters. The summed E-state index contributed by atoms with van der Waals surface area (Å²) >= 11 is 0. The molecule has 19 heavy (non-hydrogen) atoms. The van der Waals surface area contributed by atoms with E-state index in [-0.39, 0.29) is 6.61 Å². The summed E-state index contributed by atoms with van der Waals surface area (Å²) in [6.07, 6.45) is 1.92. The van der Waals surface area contributed by atoms with Crippen LogP contribution in [-0.4, -0.2) is 14.9 Å². The smallest absolute Gasteiger partial charge is 0.154 e. The van der Waals surface area contributed by atoms with Crippen LogP contribution in [0.5, 0.6) is 0 Å². The molecule has 0 aliphatic carbocycles. The molecule has 0 amide bonds. The second kappa shape index (κ2) is 5.12. The number of hydrogen-bond acceptors (Lipinski definition) is 3. The molecule has 0 fully saturated rings. The molecule has 3 rings (SSSR count). The molecule has 0 aliphatic rings. The Balaban J connectivity index is 1.79. The van der Waals surface area contributed by atoms with E-state index in [0.717, 1.165) is 12.2 Å². The van der Waals surface area contributed by atoms with Crippen molar-refractivity contribution in [2.75, 3.05) is 0 Å². The Bertz CT molecular complexity index is 656. The minimum atomic E-state index is -0.0925. The van der Waals surface area contributed by atoms with Gasteiger partial charge in [-0.1, -0.05) is 30.3 Å². The van der Waals surface area contributed by atoms with Crippen LogP contribution in [0.1, 0.15) is 11.3 Å². The Morgan fingerprint density at radius 2 is 1.89 bits per heavy atom. The number of aromatic nitrogens is 2. The number of rotatable bonds is 4. The SMILES string of the molecule is OCc1ccc(-c2ccn(Cc3ccccc3)n2)o1. The molecule has 1 aromatic carbocycles. The van der Waals surface area contributed by atoms with E-state index in [1.807, 2.05) is 41.2 Å². The van der Waals surface area contributed by atoms with Crippen molar-refractivity contribution in [3.8, 4) is 11.5 Å². The maximum Gasteiger partial charge on any atom is 0.154 e. The summed E-state index contributed by atoms with van der Waals surface area (Å²) in [6, 6.07) is 15.6. The van der Waals surface area contributed by atoms with E-state index in [4.69, 9.17) is 9.52 Å². The fraction of sp³-hybridized carbons (Fsp3) is 0.133. The molecule has 96 valence electrons. The minimum absolute atomic E-state index is 0.0925. The van der Waals surface area contributed by atoms with Crippen molar-refractivity contribution >= 4 is 0 Å². The largest absolute Gasteiger partial charge is 0.457 e. The van der Waals surface area contributed by atoms with E-state index in [0.29, 0.717) is 11.5 Å². The number of nitrogens with zero attached hydrogens (tertiary/aromatic N) is 2. The van der Waals surface area contributed by atoms with Crippen molar-refractivity contribution in [2.24, 2.45) is 0 Å². The third kappa shape index (κ3) is 2.58. The van der Waals surface area contributed by atoms with Gasteiger partial charge in [-0.25, -0.2) is 0 Å². The molecular weight excluding hydrogens is 240 g/mol. The van der Waals surface area contributed by atoms with Crippen molar-refractivity contribution in [3.05, 3.63) is 66.1 Å². The lowest BCUT2D eigenvalue weighted by atomic mass is 10.2. The molecule has 0 bridgehead atoms. The first-order valence-corrected chi connectivity index (χ1v) is 6.12. The molecule has 0 saturated carbocycles. The molecule has 0 radical (unpaired) electrons. The number of hydrogen-bond donors (Lipinski definition) is 1. The minimum Gasteiger partial charge on any atom is -0.457 e. The Hall–Kier alpha value is -2.33. The molecule has 0 unspecified atom stereocenters. The van der Waals surface area contributed by atoms with Gasteiger partial charge in [-0.15, -0.1) is 0 Å². The number of aliphatic hydroxyl groups is 1. The van der Waals surface area contributed by atoms with Gasteiger partial charge in [0.15, 0.2) is 5.76 Å². The monoisotopic (exact) mass is 254 g/mol. The van der Waals surface area contributed by atoms with E-state index in [1.165, 1.54) is 5.56 Å². The van der Waals surface area contributed by atoms with E-state index >= 15 is 0 Å². The molecule has 3 aromatic rings. The summed E-state index contributed by atoms with van der Waals surface area (Å²) in [6.45, 7) is 0.638. The molecule has 1 N–H and O–H groups in total. The first-order valence-electron chi connectivity index (χ1n) is 6.12. The normalized spacial score (nSPS) is 10.8. The molecule has 2 heterocycles. The van der Waals surface area contributed by atoms with Crippen molar-refractivity contribution in [1.82, 2.24) is 9.78 Å². The van der Waals surface area contributed by atoms with Gasteiger partial charge in [-0.2, -0.15) is 5.10 Å². The lowest BCUT2D eigenvalue weighted by molar-refractivity contribution is 0.248. The average Bonchev–Trinajstić information content (AvgIpc) is 3.08. The highest BCUT2D eigenvalue weighted by Gasteiger charge is 2.07. The summed E-state index contributed by atoms with van der Waals surface area (Å²) in [5, 5.41) is 13.4. The fourth-order valence-corrected chi connectivity index (χ4v) is 1.95. The molecule has 4 heteroatoms. The topological polar surface area (TPSA) is 51.2 Å². The van der Waals surface area contributed by atoms with Gasteiger partial charge in [-0.05, 0) is 23.8 Å². The third-order valence-corrected chi connectivity index (χ3v) is 2.90. The second-order valence-electron chi connectivity index (χ2n) is 4.31. The van der Waals surface area contributed by atoms with Gasteiger partial charge >= 0.3 is 0 Å². The van der Waals surface area contributed by atoms with Crippen molar-refractivity contribution in [2.45, 2.75) is 13.2 Å². The molecule has 2 aromatic heterocycles. The van der Waals surface area contributed by atoms with Gasteiger partial charge < -0.3 is 9.52 Å². The predicted octanol–water partition coefficient (Wildman–Crippen LogP) is 2.68. The highest BCUT2D eigenvalue weighted by molar-refractivity contribution is 5.51. The van der Waals surface area contributed by atoms with Crippen molar-refractivity contribution < 1.29 is 9.52 Å². The Kier molecular flexibility index (Phi) is 3.16. The number of furan rings is 1. The highest BCUT2D eigenvalue weighted by atomic mass is 16.4. The Labute approximate surface area is 110 Å². The van der Waals surface area contributed by atoms with Crippen molar-refractivity contribution in [1.29, 1.82) is 0 Å². The fourth-order valence-electron chi connectivity index (χ4n) is 1.95. The maximum atomic E-state index is 8.98. The second-order valence-corrected chi connectivity index (χ2v) is 4.31. The summed E-state index contributed by atoms with van der Waals surface area (Å²) < 4.78 is 7.32. The number of benzene rings is 1. The van der Waals surface area contributed by atoms with Gasteiger partial charge in [-0.3, -0.25) is 4.68 Å². The van der Waals surface area contributed by atoms with Crippen LogP contribution >= 0.6 is 0 Å². The van der Waals surface area contributed by atoms with Gasteiger partial charge in [0, 0.05) is 6.20 Å². The Morgan fingerprint density at radius 3 is 2.63 bits per heavy atom. The molecule has 4 nitrogen and oxygen atoms in total. The lowest BCUT2D eigenvalue weighted by Gasteiger charge is -2.00. The van der Waals surface area contributed by atoms with Gasteiger partial charge in [0.1, 0.15) is 18.1 Å². The van der Waals surface area contributed by atoms with Crippen molar-refractivity contribution in [3.63, 3.8) is 0 Å². The van der Waals surface area contributed by atoms with Crippen LogP contribution < -0.4 is 0 Å². The quantitative estimate of drug-likeness (QED) is 0.778. The van der Waals surface area contributed by atoms with E-state index in [1.54, 1.807) is 6.07 Å². The van der Waals surface area contributed by atoms with Crippen LogP contribution in [-0.2, 0) is 13.2 Å². The lowest BCUT2D eigenvalue weighted by Crippen LogP contribution is -1.99. The zero-order valence-electron chi connectivity index (χ0n) is 10.4. The Morgan fingerprint density at radius 1 is 1.05 bits per heavy atom. The standard InChI is InChI=1S/C15H14N2O2/c18-11-13-6-7-15(19-13)14-8-9-17(16-14)10-12-4-2-1-3-5-12/h1-9,18H,10-11H2. The van der Waals surface area contributed by atoms with Crippen LogP contribution in [0.2, 0.25) is 0 Å². The van der Waals surface area contributed by atoms with Crippen LogP contribution in [0.25, 0.3) is 11.5 Å². The van der Waals surface area contributed by atoms with Crippen LogP contribution in [0.3, 0.4) is 0 Å². The molecule has 0 saturated heterocycles. The maximum absolute atomic E-state index is 8.98. The summed E-state index contributed by atoms with van der Waals surface area (Å²) in [7, 11) is 0. The predicted molar refractivity (Wildman–Crippen MR) is 71.4 cm³/mol.